The van der Waals surface area contributed by atoms with Crippen molar-refractivity contribution in [3.8, 4) is 22.8 Å². The van der Waals surface area contributed by atoms with E-state index < -0.39 is 0 Å². The lowest BCUT2D eigenvalue weighted by atomic mass is 10.0. The number of urea groups is 1. The van der Waals surface area contributed by atoms with E-state index in [1.165, 1.54) is 0 Å². The molecule has 0 spiro atoms. The maximum atomic E-state index is 12.3. The van der Waals surface area contributed by atoms with Crippen molar-refractivity contribution in [2.24, 2.45) is 0 Å². The minimum Gasteiger partial charge on any atom is -0.493 e. The number of H-pyrrole nitrogens is 1. The van der Waals surface area contributed by atoms with Crippen LogP contribution in [0.1, 0.15) is 48.8 Å². The molecular formula is C31H37ClN6O4S. The molecule has 3 aliphatic rings. The number of halogens is 1. The number of rotatable bonds is 14. The number of ether oxygens (including phenoxy) is 2. The van der Waals surface area contributed by atoms with Crippen LogP contribution >= 0.6 is 23.4 Å². The fourth-order valence-corrected chi connectivity index (χ4v) is 7.76. The van der Waals surface area contributed by atoms with E-state index in [1.54, 1.807) is 7.11 Å². The molecule has 0 radical (unpaired) electrons. The van der Waals surface area contributed by atoms with Crippen LogP contribution in [0.25, 0.3) is 11.3 Å². The Labute approximate surface area is 260 Å². The molecule has 1 aromatic heterocycles. The van der Waals surface area contributed by atoms with E-state index in [-0.39, 0.29) is 24.0 Å². The minimum absolute atomic E-state index is 0.0575. The Bertz CT molecular complexity index is 1480. The fraction of sp³-hybridized carbons (Fsp3) is 0.452. The monoisotopic (exact) mass is 624 g/mol. The van der Waals surface area contributed by atoms with Gasteiger partial charge in [0.2, 0.25) is 5.91 Å². The molecule has 12 heteroatoms. The zero-order chi connectivity index (χ0) is 29.8. The van der Waals surface area contributed by atoms with Crippen molar-refractivity contribution in [1.82, 2.24) is 26.1 Å². The molecule has 2 aromatic carbocycles. The van der Waals surface area contributed by atoms with Crippen LogP contribution in [0.5, 0.6) is 11.5 Å². The number of fused-ring (bicyclic) bond motifs is 4. The van der Waals surface area contributed by atoms with Gasteiger partial charge in [0.15, 0.2) is 17.3 Å². The third kappa shape index (κ3) is 6.67. The smallest absolute Gasteiger partial charge is 0.315 e. The maximum absolute atomic E-state index is 12.3. The predicted molar refractivity (Wildman–Crippen MR) is 169 cm³/mol. The van der Waals surface area contributed by atoms with Crippen molar-refractivity contribution in [2.75, 3.05) is 31.3 Å². The van der Waals surface area contributed by atoms with Crippen LogP contribution in [0.2, 0.25) is 5.02 Å². The van der Waals surface area contributed by atoms with Crippen LogP contribution in [0.4, 0.5) is 10.6 Å². The van der Waals surface area contributed by atoms with Crippen molar-refractivity contribution in [2.45, 2.75) is 62.4 Å². The highest BCUT2D eigenvalue weighted by molar-refractivity contribution is 8.00. The van der Waals surface area contributed by atoms with E-state index >= 15 is 0 Å². The third-order valence-electron chi connectivity index (χ3n) is 8.28. The minimum atomic E-state index is -0.0575. The quantitative estimate of drug-likeness (QED) is 0.100. The van der Waals surface area contributed by atoms with Crippen LogP contribution in [0.3, 0.4) is 0 Å². The maximum Gasteiger partial charge on any atom is 0.315 e. The first kappa shape index (κ1) is 29.5. The average Bonchev–Trinajstić information content (AvgIpc) is 3.76. The molecular weight excluding hydrogens is 588 g/mol. The fourth-order valence-electron chi connectivity index (χ4n) is 6.02. The van der Waals surface area contributed by atoms with Gasteiger partial charge in [-0.25, -0.2) is 4.79 Å². The van der Waals surface area contributed by atoms with Gasteiger partial charge in [0, 0.05) is 53.1 Å². The summed E-state index contributed by atoms with van der Waals surface area (Å²) in [6, 6.07) is 12.2. The first-order valence-corrected chi connectivity index (χ1v) is 16.3. The summed E-state index contributed by atoms with van der Waals surface area (Å²) < 4.78 is 11.7. The molecule has 3 amide bonds. The van der Waals surface area contributed by atoms with E-state index in [0.717, 1.165) is 70.2 Å². The highest BCUT2D eigenvalue weighted by atomic mass is 35.5. The van der Waals surface area contributed by atoms with Crippen molar-refractivity contribution < 1.29 is 19.1 Å². The number of thioether (sulfide) groups is 1. The standard InChI is InChI=1S/C31H37ClN6O4S/c1-41-24-14-19-13-21-28(37-38-30(21)34-16-18-7-2-3-8-22(18)32)20(19)15-25(24)42-12-6-11-33-27(39)10-5-4-9-26-29-23(17-43-26)35-31(40)36-29/h2-3,7-8,14-15,23,26,29H,4-6,9-13,16-17H2,1H3,(H,33,39)(H2,34,37,38)(H2,35,36,40). The summed E-state index contributed by atoms with van der Waals surface area (Å²) in [6.07, 6.45) is 4.77. The van der Waals surface area contributed by atoms with Gasteiger partial charge in [0.1, 0.15) is 0 Å². The Morgan fingerprint density at radius 3 is 2.91 bits per heavy atom. The third-order valence-corrected chi connectivity index (χ3v) is 10.2. The zero-order valence-electron chi connectivity index (χ0n) is 24.1. The molecule has 1 aliphatic carbocycles. The highest BCUT2D eigenvalue weighted by Crippen LogP contribution is 2.44. The van der Waals surface area contributed by atoms with Crippen LogP contribution in [-0.4, -0.2) is 65.5 Å². The summed E-state index contributed by atoms with van der Waals surface area (Å²) in [5.74, 6) is 3.19. The van der Waals surface area contributed by atoms with Gasteiger partial charge in [0.05, 0.1) is 31.5 Å². The number of benzene rings is 2. The number of aromatic amines is 1. The average molecular weight is 625 g/mol. The molecule has 0 saturated carbocycles. The van der Waals surface area contributed by atoms with E-state index in [1.807, 2.05) is 48.2 Å². The molecule has 5 N–H and O–H groups in total. The molecule has 2 aliphatic heterocycles. The van der Waals surface area contributed by atoms with E-state index in [0.29, 0.717) is 49.3 Å². The molecule has 3 aromatic rings. The number of hydrogen-bond acceptors (Lipinski definition) is 7. The summed E-state index contributed by atoms with van der Waals surface area (Å²) in [5, 5.41) is 21.3. The number of aromatic nitrogens is 2. The lowest BCUT2D eigenvalue weighted by Crippen LogP contribution is -2.36. The number of nitrogens with zero attached hydrogens (tertiary/aromatic N) is 1. The van der Waals surface area contributed by atoms with Crippen molar-refractivity contribution in [1.29, 1.82) is 0 Å². The Balaban J connectivity index is 0.931. The highest BCUT2D eigenvalue weighted by Gasteiger charge is 2.42. The molecule has 6 rings (SSSR count). The van der Waals surface area contributed by atoms with Gasteiger partial charge in [0.25, 0.3) is 0 Å². The van der Waals surface area contributed by atoms with Gasteiger partial charge in [-0.3, -0.25) is 9.89 Å². The largest absolute Gasteiger partial charge is 0.493 e. The van der Waals surface area contributed by atoms with Gasteiger partial charge >= 0.3 is 6.03 Å². The van der Waals surface area contributed by atoms with E-state index in [2.05, 4.69) is 31.5 Å². The number of carbonyl (C=O) groups excluding carboxylic acids is 2. The number of hydrogen-bond donors (Lipinski definition) is 5. The molecule has 43 heavy (non-hydrogen) atoms. The van der Waals surface area contributed by atoms with E-state index in [9.17, 15) is 9.59 Å². The SMILES string of the molecule is COc1cc2c(cc1OCCCNC(=O)CCCCC1SCC3NC(=O)NC31)-c1[nH]nc(NCc3ccccc3Cl)c1C2. The number of methoxy groups -OCH3 is 1. The second-order valence-corrected chi connectivity index (χ2v) is 12.8. The Kier molecular flexibility index (Phi) is 9.18. The van der Waals surface area contributed by atoms with E-state index in [4.69, 9.17) is 21.1 Å². The van der Waals surface area contributed by atoms with Gasteiger partial charge in [-0.05, 0) is 48.6 Å². The Hall–Kier alpha value is -3.57. The Morgan fingerprint density at radius 2 is 2.05 bits per heavy atom. The molecule has 10 nitrogen and oxygen atoms in total. The summed E-state index contributed by atoms with van der Waals surface area (Å²) in [6.45, 7) is 1.59. The Morgan fingerprint density at radius 1 is 1.16 bits per heavy atom. The van der Waals surface area contributed by atoms with Gasteiger partial charge in [-0.15, -0.1) is 0 Å². The second-order valence-electron chi connectivity index (χ2n) is 11.1. The number of nitrogens with one attached hydrogen (secondary N) is 5. The van der Waals surface area contributed by atoms with Crippen molar-refractivity contribution in [3.05, 3.63) is 58.1 Å². The van der Waals surface area contributed by atoms with Gasteiger partial charge in [-0.2, -0.15) is 16.9 Å². The summed E-state index contributed by atoms with van der Waals surface area (Å²) in [4.78, 5) is 23.9. The molecule has 3 atom stereocenters. The molecule has 228 valence electrons. The summed E-state index contributed by atoms with van der Waals surface area (Å²) in [5.41, 5.74) is 5.30. The molecule has 3 heterocycles. The van der Waals surface area contributed by atoms with Crippen molar-refractivity contribution in [3.63, 3.8) is 0 Å². The number of unbranched alkanes of at least 4 members (excludes halogenated alkanes) is 1. The number of anilines is 1. The lowest BCUT2D eigenvalue weighted by molar-refractivity contribution is -0.121. The summed E-state index contributed by atoms with van der Waals surface area (Å²) in [7, 11) is 1.64. The van der Waals surface area contributed by atoms with Crippen LogP contribution in [0, 0.1) is 0 Å². The topological polar surface area (TPSA) is 129 Å². The first-order chi connectivity index (χ1) is 21.0. The molecule has 2 saturated heterocycles. The van der Waals surface area contributed by atoms with Crippen LogP contribution in [0.15, 0.2) is 36.4 Å². The van der Waals surface area contributed by atoms with Crippen LogP contribution < -0.4 is 30.7 Å². The van der Waals surface area contributed by atoms with Crippen molar-refractivity contribution >= 4 is 41.1 Å². The molecule has 2 fully saturated rings. The second kappa shape index (κ2) is 13.4. The normalized spacial score (nSPS) is 19.7. The summed E-state index contributed by atoms with van der Waals surface area (Å²) >= 11 is 8.23. The predicted octanol–water partition coefficient (Wildman–Crippen LogP) is 4.87. The zero-order valence-corrected chi connectivity index (χ0v) is 25.7. The number of amides is 3. The molecule has 3 unspecified atom stereocenters. The first-order valence-electron chi connectivity index (χ1n) is 14.8. The van der Waals surface area contributed by atoms with Crippen LogP contribution in [-0.2, 0) is 17.8 Å². The lowest BCUT2D eigenvalue weighted by Gasteiger charge is -2.16. The van der Waals surface area contributed by atoms with Gasteiger partial charge < -0.3 is 30.7 Å². The molecule has 0 bridgehead atoms. The number of carbonyl (C=O) groups is 2. The van der Waals surface area contributed by atoms with Gasteiger partial charge in [-0.1, -0.05) is 36.2 Å².